The van der Waals surface area contributed by atoms with Gasteiger partial charge in [0.25, 0.3) is 0 Å². The van der Waals surface area contributed by atoms with E-state index in [0.29, 0.717) is 24.3 Å². The van der Waals surface area contributed by atoms with Gasteiger partial charge in [0.2, 0.25) is 5.91 Å². The molecule has 0 bridgehead atoms. The van der Waals surface area contributed by atoms with Crippen molar-refractivity contribution in [3.8, 4) is 5.75 Å². The van der Waals surface area contributed by atoms with E-state index >= 15 is 0 Å². The third-order valence-electron chi connectivity index (χ3n) is 3.63. The first-order valence-corrected chi connectivity index (χ1v) is 7.10. The first kappa shape index (κ1) is 15.8. The van der Waals surface area contributed by atoms with Crippen LogP contribution < -0.4 is 15.8 Å². The molecular weight excluding hydrogens is 272 g/mol. The number of amides is 1. The molecule has 1 amide bonds. The van der Waals surface area contributed by atoms with E-state index in [4.69, 9.17) is 15.2 Å². The first-order valence-electron chi connectivity index (χ1n) is 7.10. The fraction of sp³-hybridized carbons (Fsp3) is 0.533. The second-order valence-corrected chi connectivity index (χ2v) is 5.06. The highest BCUT2D eigenvalue weighted by Crippen LogP contribution is 2.24. The number of hydrogen-bond donors (Lipinski definition) is 3. The van der Waals surface area contributed by atoms with Gasteiger partial charge >= 0.3 is 0 Å². The van der Waals surface area contributed by atoms with Crippen LogP contribution >= 0.6 is 0 Å². The van der Waals surface area contributed by atoms with Gasteiger partial charge in [0, 0.05) is 18.7 Å². The lowest BCUT2D eigenvalue weighted by Gasteiger charge is -2.17. The number of carbonyl (C=O) groups is 1. The largest absolute Gasteiger partial charge is 0.496 e. The number of nitrogens with two attached hydrogens (primary N) is 1. The third kappa shape index (κ3) is 3.93. The molecule has 0 aliphatic carbocycles. The number of aliphatic hydroxyl groups excluding tert-OH is 1. The van der Waals surface area contributed by atoms with E-state index in [-0.39, 0.29) is 18.6 Å². The predicted octanol–water partition coefficient (Wildman–Crippen LogP) is 0.351. The second-order valence-electron chi connectivity index (χ2n) is 5.06. The van der Waals surface area contributed by atoms with Crippen LogP contribution in [-0.2, 0) is 9.53 Å². The first-order chi connectivity index (χ1) is 10.2. The molecule has 1 fully saturated rings. The number of rotatable bonds is 6. The molecule has 6 heteroatoms. The molecule has 1 aromatic rings. The fourth-order valence-electron chi connectivity index (χ4n) is 2.43. The van der Waals surface area contributed by atoms with Crippen LogP contribution in [0.1, 0.15) is 24.5 Å². The summed E-state index contributed by atoms with van der Waals surface area (Å²) in [6.45, 7) is 0.542. The molecule has 1 aromatic carbocycles. The number of para-hydroxylation sites is 1. The van der Waals surface area contributed by atoms with Crippen molar-refractivity contribution < 1.29 is 19.4 Å². The number of ether oxygens (including phenoxy) is 2. The summed E-state index contributed by atoms with van der Waals surface area (Å²) in [6.07, 6.45) is 0.127. The molecule has 6 nitrogen and oxygen atoms in total. The van der Waals surface area contributed by atoms with Gasteiger partial charge in [-0.15, -0.1) is 0 Å². The van der Waals surface area contributed by atoms with Gasteiger partial charge in [-0.05, 0) is 18.9 Å². The number of hydrogen-bond acceptors (Lipinski definition) is 5. The molecule has 1 aliphatic heterocycles. The third-order valence-corrected chi connectivity index (χ3v) is 3.63. The average Bonchev–Trinajstić information content (AvgIpc) is 3.01. The Kier molecular flexibility index (Phi) is 5.55. The molecule has 21 heavy (non-hydrogen) atoms. The van der Waals surface area contributed by atoms with Crippen molar-refractivity contribution in [3.05, 3.63) is 29.8 Å². The summed E-state index contributed by atoms with van der Waals surface area (Å²) in [4.78, 5) is 12.0. The van der Waals surface area contributed by atoms with Crippen LogP contribution in [0.25, 0.3) is 0 Å². The van der Waals surface area contributed by atoms with Crippen molar-refractivity contribution in [3.63, 3.8) is 0 Å². The van der Waals surface area contributed by atoms with Crippen molar-refractivity contribution in [2.45, 2.75) is 31.2 Å². The number of carbonyl (C=O) groups excluding carboxylic acids is 1. The lowest BCUT2D eigenvalue weighted by Crippen LogP contribution is -2.37. The molecule has 0 spiro atoms. The summed E-state index contributed by atoms with van der Waals surface area (Å²) < 4.78 is 10.7. The summed E-state index contributed by atoms with van der Waals surface area (Å²) in [5, 5.41) is 12.9. The Morgan fingerprint density at radius 3 is 2.95 bits per heavy atom. The summed E-state index contributed by atoms with van der Waals surface area (Å²) in [5.41, 5.74) is 6.16. The molecule has 2 rings (SSSR count). The van der Waals surface area contributed by atoms with Crippen molar-refractivity contribution in [1.82, 2.24) is 5.32 Å². The molecule has 1 heterocycles. The lowest BCUT2D eigenvalue weighted by molar-refractivity contribution is -0.132. The summed E-state index contributed by atoms with van der Waals surface area (Å²) in [7, 11) is 1.55. The van der Waals surface area contributed by atoms with E-state index in [1.54, 1.807) is 19.2 Å². The van der Waals surface area contributed by atoms with E-state index in [0.717, 1.165) is 6.42 Å². The van der Waals surface area contributed by atoms with E-state index in [9.17, 15) is 9.90 Å². The molecule has 3 atom stereocenters. The second kappa shape index (κ2) is 7.40. The zero-order chi connectivity index (χ0) is 15.2. The minimum atomic E-state index is -0.822. The van der Waals surface area contributed by atoms with Crippen molar-refractivity contribution in [1.29, 1.82) is 0 Å². The zero-order valence-corrected chi connectivity index (χ0v) is 12.1. The van der Waals surface area contributed by atoms with Crippen molar-refractivity contribution in [2.24, 2.45) is 5.73 Å². The molecule has 1 saturated heterocycles. The van der Waals surface area contributed by atoms with Crippen LogP contribution in [-0.4, -0.2) is 43.4 Å². The van der Waals surface area contributed by atoms with Crippen LogP contribution in [0.2, 0.25) is 0 Å². The van der Waals surface area contributed by atoms with Crippen LogP contribution in [0.4, 0.5) is 0 Å². The van der Waals surface area contributed by atoms with Gasteiger partial charge in [0.1, 0.15) is 11.9 Å². The normalized spacial score (nSPS) is 22.8. The highest BCUT2D eigenvalue weighted by molar-refractivity contribution is 5.81. The Balaban J connectivity index is 1.86. The minimum Gasteiger partial charge on any atom is -0.496 e. The molecule has 0 radical (unpaired) electrons. The Labute approximate surface area is 124 Å². The van der Waals surface area contributed by atoms with E-state index < -0.39 is 12.2 Å². The highest BCUT2D eigenvalue weighted by atomic mass is 16.5. The Morgan fingerprint density at radius 1 is 1.52 bits per heavy atom. The summed E-state index contributed by atoms with van der Waals surface area (Å²) in [6, 6.07) is 7.18. The quantitative estimate of drug-likeness (QED) is 0.704. The number of methoxy groups -OCH3 is 1. The smallest absolute Gasteiger partial charge is 0.249 e. The maximum absolute atomic E-state index is 12.0. The maximum atomic E-state index is 12.0. The van der Waals surface area contributed by atoms with Crippen molar-refractivity contribution >= 4 is 5.91 Å². The van der Waals surface area contributed by atoms with Crippen LogP contribution in [0, 0.1) is 0 Å². The van der Waals surface area contributed by atoms with Gasteiger partial charge in [-0.3, -0.25) is 4.79 Å². The average molecular weight is 294 g/mol. The standard InChI is InChI=1S/C15H22N2O4/c1-20-13-5-3-2-4-11(13)12(18)9-17-15(19)14-7-6-10(8-16)21-14/h2-5,10,12,14,18H,6-9,16H2,1H3,(H,17,19)/t10-,12?,14+/m1/s1. The highest BCUT2D eigenvalue weighted by Gasteiger charge is 2.30. The molecule has 0 saturated carbocycles. The Morgan fingerprint density at radius 2 is 2.29 bits per heavy atom. The molecule has 0 aromatic heterocycles. The molecular formula is C15H22N2O4. The topological polar surface area (TPSA) is 93.8 Å². The predicted molar refractivity (Wildman–Crippen MR) is 77.9 cm³/mol. The summed E-state index contributed by atoms with van der Waals surface area (Å²) in [5.74, 6) is 0.388. The molecule has 116 valence electrons. The van der Waals surface area contributed by atoms with Gasteiger partial charge in [-0.2, -0.15) is 0 Å². The minimum absolute atomic E-state index is 0.0418. The van der Waals surface area contributed by atoms with E-state index in [1.165, 1.54) is 0 Å². The SMILES string of the molecule is COc1ccccc1C(O)CNC(=O)[C@@H]1CC[C@H](CN)O1. The van der Waals surface area contributed by atoms with Gasteiger partial charge < -0.3 is 25.6 Å². The van der Waals surface area contributed by atoms with Crippen LogP contribution in [0.5, 0.6) is 5.75 Å². The fourth-order valence-corrected chi connectivity index (χ4v) is 2.43. The van der Waals surface area contributed by atoms with Gasteiger partial charge in [0.05, 0.1) is 19.3 Å². The molecule has 1 unspecified atom stereocenters. The Hall–Kier alpha value is -1.63. The van der Waals surface area contributed by atoms with Crippen LogP contribution in [0.3, 0.4) is 0 Å². The van der Waals surface area contributed by atoms with E-state index in [1.807, 2.05) is 12.1 Å². The molecule has 4 N–H and O–H groups in total. The van der Waals surface area contributed by atoms with Gasteiger partial charge in [-0.25, -0.2) is 0 Å². The van der Waals surface area contributed by atoms with E-state index in [2.05, 4.69) is 5.32 Å². The Bertz CT molecular complexity index is 480. The van der Waals surface area contributed by atoms with Crippen LogP contribution in [0.15, 0.2) is 24.3 Å². The van der Waals surface area contributed by atoms with Gasteiger partial charge in [-0.1, -0.05) is 18.2 Å². The number of benzene rings is 1. The number of nitrogens with one attached hydrogen (secondary N) is 1. The lowest BCUT2D eigenvalue weighted by atomic mass is 10.1. The zero-order valence-electron chi connectivity index (χ0n) is 12.1. The molecule has 1 aliphatic rings. The monoisotopic (exact) mass is 294 g/mol. The maximum Gasteiger partial charge on any atom is 0.249 e. The number of aliphatic hydroxyl groups is 1. The summed E-state index contributed by atoms with van der Waals surface area (Å²) >= 11 is 0. The van der Waals surface area contributed by atoms with Crippen molar-refractivity contribution in [2.75, 3.05) is 20.2 Å². The van der Waals surface area contributed by atoms with Gasteiger partial charge in [0.15, 0.2) is 0 Å².